The maximum Gasteiger partial charge on any atom is 0.237 e. The Bertz CT molecular complexity index is 213. The lowest BCUT2D eigenvalue weighted by atomic mass is 9.97. The molecule has 90 valence electrons. The van der Waals surface area contributed by atoms with Crippen LogP contribution in [0.15, 0.2) is 0 Å². The van der Waals surface area contributed by atoms with Crippen molar-refractivity contribution in [2.24, 2.45) is 11.7 Å². The molecule has 4 heteroatoms. The third kappa shape index (κ3) is 5.14. The van der Waals surface area contributed by atoms with Crippen LogP contribution in [-0.4, -0.2) is 28.7 Å². The van der Waals surface area contributed by atoms with Crippen molar-refractivity contribution >= 4 is 5.91 Å². The summed E-state index contributed by atoms with van der Waals surface area (Å²) in [6.07, 6.45) is 0.0505. The molecule has 0 bridgehead atoms. The van der Waals surface area contributed by atoms with Gasteiger partial charge in [0.15, 0.2) is 0 Å². The standard InChI is InChI=1S/C11H24N2O2/c1-7(2)6-9(12)10(15)13-11(4,5)8(3)14/h7-9,14H,6,12H2,1-5H3,(H,13,15)/t8?,9-/m0/s1. The number of carbonyl (C=O) groups excluding carboxylic acids is 1. The van der Waals surface area contributed by atoms with Crippen LogP contribution in [0.5, 0.6) is 0 Å². The lowest BCUT2D eigenvalue weighted by Gasteiger charge is -2.30. The number of aliphatic hydroxyl groups is 1. The third-order valence-corrected chi connectivity index (χ3v) is 2.55. The number of nitrogens with one attached hydrogen (secondary N) is 1. The molecular weight excluding hydrogens is 192 g/mol. The highest BCUT2D eigenvalue weighted by atomic mass is 16.3. The molecule has 2 atom stereocenters. The van der Waals surface area contributed by atoms with E-state index in [0.717, 1.165) is 0 Å². The quantitative estimate of drug-likeness (QED) is 0.631. The minimum atomic E-state index is -0.633. The van der Waals surface area contributed by atoms with Gasteiger partial charge in [-0.05, 0) is 33.1 Å². The predicted octanol–water partition coefficient (Wildman–Crippen LogP) is 0.635. The van der Waals surface area contributed by atoms with Gasteiger partial charge in [-0.3, -0.25) is 4.79 Å². The number of aliphatic hydroxyl groups excluding tert-OH is 1. The van der Waals surface area contributed by atoms with Crippen molar-refractivity contribution in [1.29, 1.82) is 0 Å². The Kier molecular flexibility index (Phi) is 5.24. The molecule has 0 fully saturated rings. The van der Waals surface area contributed by atoms with E-state index in [1.165, 1.54) is 0 Å². The van der Waals surface area contributed by atoms with Crippen molar-refractivity contribution in [2.45, 2.75) is 58.7 Å². The Labute approximate surface area is 92.2 Å². The molecule has 1 amide bonds. The molecule has 15 heavy (non-hydrogen) atoms. The zero-order chi connectivity index (χ0) is 12.2. The molecular formula is C11H24N2O2. The lowest BCUT2D eigenvalue weighted by Crippen LogP contribution is -2.55. The average molecular weight is 216 g/mol. The highest BCUT2D eigenvalue weighted by molar-refractivity contribution is 5.82. The summed E-state index contributed by atoms with van der Waals surface area (Å²) >= 11 is 0. The van der Waals surface area contributed by atoms with Gasteiger partial charge in [-0.15, -0.1) is 0 Å². The molecule has 0 rings (SSSR count). The first-order valence-corrected chi connectivity index (χ1v) is 5.42. The van der Waals surface area contributed by atoms with Gasteiger partial charge in [0.25, 0.3) is 0 Å². The maximum atomic E-state index is 11.7. The van der Waals surface area contributed by atoms with Gasteiger partial charge >= 0.3 is 0 Å². The Hall–Kier alpha value is -0.610. The summed E-state index contributed by atoms with van der Waals surface area (Å²) in [5, 5.41) is 12.2. The minimum Gasteiger partial charge on any atom is -0.391 e. The first kappa shape index (κ1) is 14.4. The zero-order valence-electron chi connectivity index (χ0n) is 10.4. The predicted molar refractivity (Wildman–Crippen MR) is 61.3 cm³/mol. The van der Waals surface area contributed by atoms with E-state index in [4.69, 9.17) is 5.73 Å². The number of hydrogen-bond acceptors (Lipinski definition) is 3. The van der Waals surface area contributed by atoms with Crippen molar-refractivity contribution in [3.8, 4) is 0 Å². The number of amides is 1. The van der Waals surface area contributed by atoms with Gasteiger partial charge in [-0.25, -0.2) is 0 Å². The lowest BCUT2D eigenvalue weighted by molar-refractivity contribution is -0.125. The van der Waals surface area contributed by atoms with E-state index < -0.39 is 17.7 Å². The van der Waals surface area contributed by atoms with E-state index in [1.54, 1.807) is 20.8 Å². The molecule has 0 aliphatic carbocycles. The SMILES string of the molecule is CC(C)C[C@H](N)C(=O)NC(C)(C)C(C)O. The summed E-state index contributed by atoms with van der Waals surface area (Å²) in [6, 6.07) is -0.497. The van der Waals surface area contributed by atoms with Gasteiger partial charge in [0.05, 0.1) is 17.7 Å². The molecule has 0 aromatic rings. The first-order valence-electron chi connectivity index (χ1n) is 5.42. The van der Waals surface area contributed by atoms with Crippen LogP contribution < -0.4 is 11.1 Å². The van der Waals surface area contributed by atoms with Crippen LogP contribution in [0.25, 0.3) is 0 Å². The molecule has 0 aromatic carbocycles. The fourth-order valence-electron chi connectivity index (χ4n) is 1.13. The molecule has 0 heterocycles. The largest absolute Gasteiger partial charge is 0.391 e. The van der Waals surface area contributed by atoms with Crippen molar-refractivity contribution in [1.82, 2.24) is 5.32 Å². The fourth-order valence-corrected chi connectivity index (χ4v) is 1.13. The monoisotopic (exact) mass is 216 g/mol. The second-order valence-electron chi connectivity index (χ2n) is 5.12. The maximum absolute atomic E-state index is 11.7. The second kappa shape index (κ2) is 5.47. The van der Waals surface area contributed by atoms with Crippen LogP contribution in [0.1, 0.15) is 41.0 Å². The molecule has 0 aromatic heterocycles. The zero-order valence-corrected chi connectivity index (χ0v) is 10.4. The molecule has 0 aliphatic heterocycles. The van der Waals surface area contributed by atoms with Crippen LogP contribution in [0.2, 0.25) is 0 Å². The van der Waals surface area contributed by atoms with Gasteiger partial charge < -0.3 is 16.2 Å². The summed E-state index contributed by atoms with van der Waals surface area (Å²) in [5.41, 5.74) is 5.10. The fraction of sp³-hybridized carbons (Fsp3) is 0.909. The van der Waals surface area contributed by atoms with E-state index in [2.05, 4.69) is 5.32 Å². The minimum absolute atomic E-state index is 0.199. The topological polar surface area (TPSA) is 75.4 Å². The normalized spacial score (nSPS) is 16.3. The summed E-state index contributed by atoms with van der Waals surface area (Å²) in [5.74, 6) is 0.190. The van der Waals surface area contributed by atoms with E-state index >= 15 is 0 Å². The second-order valence-corrected chi connectivity index (χ2v) is 5.12. The van der Waals surface area contributed by atoms with Crippen LogP contribution in [-0.2, 0) is 4.79 Å². The third-order valence-electron chi connectivity index (χ3n) is 2.55. The molecule has 0 saturated carbocycles. The van der Waals surface area contributed by atoms with Crippen LogP contribution in [0, 0.1) is 5.92 Å². The first-order chi connectivity index (χ1) is 6.66. The highest BCUT2D eigenvalue weighted by Crippen LogP contribution is 2.10. The van der Waals surface area contributed by atoms with E-state index in [1.807, 2.05) is 13.8 Å². The van der Waals surface area contributed by atoms with Gasteiger partial charge in [-0.1, -0.05) is 13.8 Å². The Morgan fingerprint density at radius 3 is 2.20 bits per heavy atom. The van der Waals surface area contributed by atoms with Crippen molar-refractivity contribution in [3.63, 3.8) is 0 Å². The number of rotatable bonds is 5. The molecule has 0 radical (unpaired) electrons. The molecule has 4 nitrogen and oxygen atoms in total. The molecule has 0 saturated heterocycles. The van der Waals surface area contributed by atoms with E-state index in [9.17, 15) is 9.90 Å². The van der Waals surface area contributed by atoms with Crippen LogP contribution >= 0.6 is 0 Å². The van der Waals surface area contributed by atoms with Crippen LogP contribution in [0.3, 0.4) is 0 Å². The summed E-state index contributed by atoms with van der Waals surface area (Å²) in [6.45, 7) is 9.24. The summed E-state index contributed by atoms with van der Waals surface area (Å²) in [4.78, 5) is 11.7. The van der Waals surface area contributed by atoms with Gasteiger partial charge in [0.2, 0.25) is 5.91 Å². The number of hydrogen-bond donors (Lipinski definition) is 3. The van der Waals surface area contributed by atoms with Gasteiger partial charge in [0, 0.05) is 0 Å². The molecule has 1 unspecified atom stereocenters. The van der Waals surface area contributed by atoms with E-state index in [-0.39, 0.29) is 5.91 Å². The Balaban J connectivity index is 4.24. The number of carbonyl (C=O) groups is 1. The average Bonchev–Trinajstić information content (AvgIpc) is 2.01. The Morgan fingerprint density at radius 2 is 1.87 bits per heavy atom. The Morgan fingerprint density at radius 1 is 1.40 bits per heavy atom. The van der Waals surface area contributed by atoms with E-state index in [0.29, 0.717) is 12.3 Å². The molecule has 0 aliphatic rings. The molecule has 4 N–H and O–H groups in total. The van der Waals surface area contributed by atoms with Crippen LogP contribution in [0.4, 0.5) is 0 Å². The summed E-state index contributed by atoms with van der Waals surface area (Å²) < 4.78 is 0. The number of nitrogens with two attached hydrogens (primary N) is 1. The van der Waals surface area contributed by atoms with Crippen molar-refractivity contribution < 1.29 is 9.90 Å². The van der Waals surface area contributed by atoms with Gasteiger partial charge in [-0.2, -0.15) is 0 Å². The summed E-state index contributed by atoms with van der Waals surface area (Å²) in [7, 11) is 0. The van der Waals surface area contributed by atoms with Gasteiger partial charge in [0.1, 0.15) is 0 Å². The van der Waals surface area contributed by atoms with Crippen molar-refractivity contribution in [2.75, 3.05) is 0 Å². The van der Waals surface area contributed by atoms with Crippen molar-refractivity contribution in [3.05, 3.63) is 0 Å². The smallest absolute Gasteiger partial charge is 0.237 e. The highest BCUT2D eigenvalue weighted by Gasteiger charge is 2.28. The molecule has 0 spiro atoms.